The summed E-state index contributed by atoms with van der Waals surface area (Å²) < 4.78 is 41.4. The average molecular weight is 387 g/mol. The first-order valence-corrected chi connectivity index (χ1v) is 8.40. The van der Waals surface area contributed by atoms with Gasteiger partial charge in [0, 0.05) is 6.54 Å². The van der Waals surface area contributed by atoms with Crippen molar-refractivity contribution in [3.05, 3.63) is 40.2 Å². The molecule has 1 aliphatic rings. The zero-order valence-corrected chi connectivity index (χ0v) is 14.8. The molecule has 0 fully saturated rings. The van der Waals surface area contributed by atoms with Crippen LogP contribution in [0.4, 0.5) is 8.78 Å². The van der Waals surface area contributed by atoms with Gasteiger partial charge in [-0.15, -0.1) is 0 Å². The molecule has 0 radical (unpaired) electrons. The first-order valence-electron chi connectivity index (χ1n) is 8.02. The highest BCUT2D eigenvalue weighted by Gasteiger charge is 2.22. The van der Waals surface area contributed by atoms with Crippen LogP contribution in [0.3, 0.4) is 0 Å². The van der Waals surface area contributed by atoms with E-state index in [2.05, 4.69) is 9.84 Å². The number of nitrogens with zero attached hydrogens (tertiary/aromatic N) is 2. The van der Waals surface area contributed by atoms with Gasteiger partial charge in [-0.2, -0.15) is 13.9 Å². The van der Waals surface area contributed by atoms with Crippen LogP contribution >= 0.6 is 11.6 Å². The summed E-state index contributed by atoms with van der Waals surface area (Å²) in [5.74, 6) is -0.715. The minimum Gasteiger partial charge on any atom is -0.493 e. The van der Waals surface area contributed by atoms with E-state index in [0.29, 0.717) is 11.1 Å². The van der Waals surface area contributed by atoms with Crippen LogP contribution in [0, 0.1) is 0 Å². The summed E-state index contributed by atoms with van der Waals surface area (Å²) >= 11 is 5.97. The highest BCUT2D eigenvalue weighted by Crippen LogP contribution is 2.37. The Kier molecular flexibility index (Phi) is 5.61. The summed E-state index contributed by atoms with van der Waals surface area (Å²) in [6, 6.07) is 2.83. The third-order valence-corrected chi connectivity index (χ3v) is 4.35. The number of ether oxygens (including phenoxy) is 3. The van der Waals surface area contributed by atoms with Gasteiger partial charge in [0.2, 0.25) is 0 Å². The van der Waals surface area contributed by atoms with E-state index in [9.17, 15) is 13.6 Å². The van der Waals surface area contributed by atoms with Crippen molar-refractivity contribution in [1.82, 2.24) is 9.78 Å². The number of hydrogen-bond acceptors (Lipinski definition) is 5. The molecule has 0 bridgehead atoms. The second-order valence-electron chi connectivity index (χ2n) is 5.75. The van der Waals surface area contributed by atoms with Gasteiger partial charge in [-0.1, -0.05) is 11.6 Å². The van der Waals surface area contributed by atoms with E-state index < -0.39 is 12.6 Å². The molecule has 3 rings (SSSR count). The topological polar surface area (TPSA) is 62.6 Å². The van der Waals surface area contributed by atoms with Crippen molar-refractivity contribution in [2.24, 2.45) is 0 Å². The number of benzene rings is 1. The number of methoxy groups -OCH3 is 1. The lowest BCUT2D eigenvalue weighted by molar-refractivity contribution is -0.0511. The van der Waals surface area contributed by atoms with Crippen LogP contribution in [0.5, 0.6) is 11.5 Å². The summed E-state index contributed by atoms with van der Waals surface area (Å²) in [7, 11) is 1.30. The minimum atomic E-state index is -3.03. The van der Waals surface area contributed by atoms with Crippen LogP contribution in [0.25, 0.3) is 0 Å². The maximum Gasteiger partial charge on any atom is 0.387 e. The van der Waals surface area contributed by atoms with Crippen molar-refractivity contribution in [2.75, 3.05) is 7.11 Å². The predicted molar refractivity (Wildman–Crippen MR) is 88.9 cm³/mol. The summed E-state index contributed by atoms with van der Waals surface area (Å²) in [5, 5.41) is 4.14. The Morgan fingerprint density at radius 2 is 2.19 bits per heavy atom. The van der Waals surface area contributed by atoms with Crippen molar-refractivity contribution >= 4 is 17.6 Å². The number of hydrogen-bond donors (Lipinski definition) is 0. The zero-order valence-electron chi connectivity index (χ0n) is 14.0. The lowest BCUT2D eigenvalue weighted by Gasteiger charge is -2.15. The van der Waals surface area contributed by atoms with Crippen molar-refractivity contribution < 1.29 is 27.8 Å². The maximum absolute atomic E-state index is 12.5. The molecule has 140 valence electrons. The summed E-state index contributed by atoms with van der Waals surface area (Å²) in [4.78, 5) is 12.3. The minimum absolute atomic E-state index is 0.0340. The Morgan fingerprint density at radius 3 is 2.92 bits per heavy atom. The fourth-order valence-electron chi connectivity index (χ4n) is 2.88. The number of halogens is 3. The third-order valence-electron chi connectivity index (χ3n) is 4.07. The molecule has 1 aliphatic heterocycles. The SMILES string of the molecule is COc1cc(COC(=O)c2cnn3c2CCCC3)cc(Cl)c1OC(F)F. The summed E-state index contributed by atoms with van der Waals surface area (Å²) in [6.07, 6.45) is 4.33. The van der Waals surface area contributed by atoms with Crippen molar-refractivity contribution in [2.45, 2.75) is 39.0 Å². The molecular formula is C17H17ClF2N2O4. The van der Waals surface area contributed by atoms with Crippen LogP contribution in [0.15, 0.2) is 18.3 Å². The van der Waals surface area contributed by atoms with E-state index in [1.54, 1.807) is 0 Å². The second-order valence-corrected chi connectivity index (χ2v) is 6.16. The second kappa shape index (κ2) is 7.90. The molecule has 0 amide bonds. The summed E-state index contributed by atoms with van der Waals surface area (Å²) in [6.45, 7) is -2.33. The van der Waals surface area contributed by atoms with E-state index in [-0.39, 0.29) is 23.1 Å². The average Bonchev–Trinajstić information content (AvgIpc) is 3.05. The van der Waals surface area contributed by atoms with Crippen LogP contribution in [0.1, 0.15) is 34.5 Å². The monoisotopic (exact) mass is 386 g/mol. The van der Waals surface area contributed by atoms with E-state index in [0.717, 1.165) is 31.5 Å². The van der Waals surface area contributed by atoms with Crippen LogP contribution < -0.4 is 9.47 Å². The maximum atomic E-state index is 12.5. The summed E-state index contributed by atoms with van der Waals surface area (Å²) in [5.41, 5.74) is 1.81. The van der Waals surface area contributed by atoms with Gasteiger partial charge < -0.3 is 14.2 Å². The van der Waals surface area contributed by atoms with E-state index >= 15 is 0 Å². The van der Waals surface area contributed by atoms with Gasteiger partial charge in [-0.25, -0.2) is 4.79 Å². The molecule has 1 aromatic carbocycles. The highest BCUT2D eigenvalue weighted by atomic mass is 35.5. The number of aromatic nitrogens is 2. The van der Waals surface area contributed by atoms with Gasteiger partial charge in [0.25, 0.3) is 0 Å². The molecule has 6 nitrogen and oxygen atoms in total. The van der Waals surface area contributed by atoms with Gasteiger partial charge >= 0.3 is 12.6 Å². The fourth-order valence-corrected chi connectivity index (χ4v) is 3.16. The molecule has 0 atom stereocenters. The normalized spacial score (nSPS) is 13.4. The molecule has 1 aromatic heterocycles. The van der Waals surface area contributed by atoms with Gasteiger partial charge in [0.15, 0.2) is 11.5 Å². The Hall–Kier alpha value is -2.35. The van der Waals surface area contributed by atoms with Crippen LogP contribution in [-0.2, 0) is 24.3 Å². The van der Waals surface area contributed by atoms with Crippen molar-refractivity contribution in [1.29, 1.82) is 0 Å². The molecule has 2 aromatic rings. The standard InChI is InChI=1S/C17H17ClF2N2O4/c1-24-14-7-10(6-12(18)15(14)26-17(19)20)9-25-16(23)11-8-21-22-5-3-2-4-13(11)22/h6-8,17H,2-5,9H2,1H3. The molecule has 0 N–H and O–H groups in total. The third kappa shape index (κ3) is 3.90. The van der Waals surface area contributed by atoms with E-state index in [4.69, 9.17) is 21.1 Å². The smallest absolute Gasteiger partial charge is 0.387 e. The molecule has 0 unspecified atom stereocenters. The molecule has 9 heteroatoms. The zero-order chi connectivity index (χ0) is 18.7. The Balaban J connectivity index is 1.72. The number of carbonyl (C=O) groups excluding carboxylic acids is 1. The Morgan fingerprint density at radius 1 is 1.38 bits per heavy atom. The highest BCUT2D eigenvalue weighted by molar-refractivity contribution is 6.32. The number of carbonyl (C=O) groups is 1. The molecular weight excluding hydrogens is 370 g/mol. The quantitative estimate of drug-likeness (QED) is 0.706. The number of esters is 1. The fraction of sp³-hybridized carbons (Fsp3) is 0.412. The molecule has 0 saturated carbocycles. The van der Waals surface area contributed by atoms with Crippen molar-refractivity contribution in [3.8, 4) is 11.5 Å². The van der Waals surface area contributed by atoms with Gasteiger partial charge in [0.1, 0.15) is 12.2 Å². The number of aryl methyl sites for hydroxylation is 1. The largest absolute Gasteiger partial charge is 0.493 e. The van der Waals surface area contributed by atoms with E-state index in [1.807, 2.05) is 4.68 Å². The van der Waals surface area contributed by atoms with E-state index in [1.165, 1.54) is 25.4 Å². The first-order chi connectivity index (χ1) is 12.5. The van der Waals surface area contributed by atoms with Crippen molar-refractivity contribution in [3.63, 3.8) is 0 Å². The molecule has 26 heavy (non-hydrogen) atoms. The molecule has 0 aliphatic carbocycles. The molecule has 2 heterocycles. The first kappa shape index (κ1) is 18.4. The van der Waals surface area contributed by atoms with Crippen LogP contribution in [-0.4, -0.2) is 29.5 Å². The Labute approximate surface area is 153 Å². The van der Waals surface area contributed by atoms with Gasteiger partial charge in [-0.05, 0) is 37.0 Å². The lowest BCUT2D eigenvalue weighted by Crippen LogP contribution is -2.15. The Bertz CT molecular complexity index is 810. The number of alkyl halides is 2. The number of rotatable bonds is 6. The van der Waals surface area contributed by atoms with Gasteiger partial charge in [0.05, 0.1) is 24.0 Å². The van der Waals surface area contributed by atoms with Crippen LogP contribution in [0.2, 0.25) is 5.02 Å². The lowest BCUT2D eigenvalue weighted by atomic mass is 10.1. The molecule has 0 spiro atoms. The molecule has 0 saturated heterocycles. The predicted octanol–water partition coefficient (Wildman–Crippen LogP) is 3.84. The number of fused-ring (bicyclic) bond motifs is 1. The van der Waals surface area contributed by atoms with Gasteiger partial charge in [-0.3, -0.25) is 4.68 Å².